The number of nitrogens with zero attached hydrogens (tertiary/aromatic N) is 1. The van der Waals surface area contributed by atoms with Crippen LogP contribution in [-0.4, -0.2) is 26.2 Å². The molecule has 2 nitrogen and oxygen atoms in total. The van der Waals surface area contributed by atoms with Crippen LogP contribution < -0.4 is 10.2 Å². The molecule has 0 spiro atoms. The predicted octanol–water partition coefficient (Wildman–Crippen LogP) is 3.53. The summed E-state index contributed by atoms with van der Waals surface area (Å²) in [5.74, 6) is 0.433. The summed E-state index contributed by atoms with van der Waals surface area (Å²) in [6.45, 7) is 5.36. The molecule has 5 heteroatoms. The first kappa shape index (κ1) is 15.2. The lowest BCUT2D eigenvalue weighted by molar-refractivity contribution is -0.137. The van der Waals surface area contributed by atoms with E-state index in [-0.39, 0.29) is 0 Å². The van der Waals surface area contributed by atoms with Crippen molar-refractivity contribution in [2.45, 2.75) is 25.9 Å². The predicted molar refractivity (Wildman–Crippen MR) is 74.9 cm³/mol. The molecule has 1 heterocycles. The first-order chi connectivity index (χ1) is 9.52. The fourth-order valence-corrected chi connectivity index (χ4v) is 2.69. The zero-order valence-corrected chi connectivity index (χ0v) is 11.7. The Kier molecular flexibility index (Phi) is 4.91. The van der Waals surface area contributed by atoms with Crippen LogP contribution in [0.2, 0.25) is 0 Å². The van der Waals surface area contributed by atoms with Gasteiger partial charge in [0, 0.05) is 18.8 Å². The van der Waals surface area contributed by atoms with Gasteiger partial charge in [0.25, 0.3) is 0 Å². The van der Waals surface area contributed by atoms with Gasteiger partial charge in [0.1, 0.15) is 0 Å². The second kappa shape index (κ2) is 6.48. The molecule has 1 N–H and O–H groups in total. The van der Waals surface area contributed by atoms with Crippen molar-refractivity contribution in [1.29, 1.82) is 0 Å². The average Bonchev–Trinajstić information content (AvgIpc) is 2.87. The molecule has 0 amide bonds. The highest BCUT2D eigenvalue weighted by Gasteiger charge is 2.35. The quantitative estimate of drug-likeness (QED) is 0.833. The van der Waals surface area contributed by atoms with E-state index in [1.54, 1.807) is 12.1 Å². The van der Waals surface area contributed by atoms with Crippen LogP contribution >= 0.6 is 0 Å². The number of anilines is 1. The number of rotatable bonds is 5. The molecule has 1 unspecified atom stereocenters. The zero-order chi connectivity index (χ0) is 14.6. The summed E-state index contributed by atoms with van der Waals surface area (Å²) in [5, 5.41) is 3.34. The summed E-state index contributed by atoms with van der Waals surface area (Å²) in [7, 11) is 0. The van der Waals surface area contributed by atoms with Gasteiger partial charge in [0.2, 0.25) is 0 Å². The highest BCUT2D eigenvalue weighted by Crippen LogP contribution is 2.37. The lowest BCUT2D eigenvalue weighted by Gasteiger charge is -2.23. The molecule has 1 fully saturated rings. The Hall–Kier alpha value is -1.23. The standard InChI is InChI=1S/C15H21F3N2/c1-2-8-19-10-12-7-9-20(11-12)14-6-4-3-5-13(14)15(16,17)18/h3-6,12,19H,2,7-11H2,1H3. The molecule has 0 saturated carbocycles. The van der Waals surface area contributed by atoms with Gasteiger partial charge in [0.05, 0.1) is 5.56 Å². The van der Waals surface area contributed by atoms with Gasteiger partial charge >= 0.3 is 6.18 Å². The van der Waals surface area contributed by atoms with Crippen LogP contribution in [0, 0.1) is 5.92 Å². The molecule has 0 aliphatic carbocycles. The minimum Gasteiger partial charge on any atom is -0.371 e. The number of hydrogen-bond acceptors (Lipinski definition) is 2. The third-order valence-electron chi connectivity index (χ3n) is 3.70. The maximum Gasteiger partial charge on any atom is 0.418 e. The van der Waals surface area contributed by atoms with Crippen LogP contribution in [0.25, 0.3) is 0 Å². The minimum atomic E-state index is -4.28. The molecular formula is C15H21F3N2. The lowest BCUT2D eigenvalue weighted by atomic mass is 10.1. The van der Waals surface area contributed by atoms with Gasteiger partial charge < -0.3 is 10.2 Å². The van der Waals surface area contributed by atoms with Crippen molar-refractivity contribution < 1.29 is 13.2 Å². The van der Waals surface area contributed by atoms with Crippen LogP contribution in [0.15, 0.2) is 24.3 Å². The fourth-order valence-electron chi connectivity index (χ4n) is 2.69. The van der Waals surface area contributed by atoms with Gasteiger partial charge in [-0.05, 0) is 44.0 Å². The third-order valence-corrected chi connectivity index (χ3v) is 3.70. The van der Waals surface area contributed by atoms with Crippen LogP contribution in [-0.2, 0) is 6.18 Å². The van der Waals surface area contributed by atoms with Gasteiger partial charge in [-0.3, -0.25) is 0 Å². The Morgan fingerprint density at radius 3 is 2.75 bits per heavy atom. The molecule has 20 heavy (non-hydrogen) atoms. The van der Waals surface area contributed by atoms with Crippen LogP contribution in [0.5, 0.6) is 0 Å². The first-order valence-corrected chi connectivity index (χ1v) is 7.14. The number of benzene rings is 1. The maximum absolute atomic E-state index is 13.0. The third kappa shape index (κ3) is 3.66. The smallest absolute Gasteiger partial charge is 0.371 e. The van der Waals surface area contributed by atoms with E-state index in [9.17, 15) is 13.2 Å². The monoisotopic (exact) mass is 286 g/mol. The molecule has 1 aliphatic rings. The summed E-state index contributed by atoms with van der Waals surface area (Å²) in [6, 6.07) is 5.86. The van der Waals surface area contributed by atoms with E-state index in [0.29, 0.717) is 24.7 Å². The van der Waals surface area contributed by atoms with Gasteiger partial charge in [0.15, 0.2) is 0 Å². The molecule has 0 radical (unpaired) electrons. The van der Waals surface area contributed by atoms with Gasteiger partial charge in [-0.25, -0.2) is 0 Å². The Morgan fingerprint density at radius 1 is 1.30 bits per heavy atom. The highest BCUT2D eigenvalue weighted by atomic mass is 19.4. The fraction of sp³-hybridized carbons (Fsp3) is 0.600. The summed E-state index contributed by atoms with van der Waals surface area (Å²) in [5.41, 5.74) is -0.208. The van der Waals surface area contributed by atoms with E-state index in [1.165, 1.54) is 6.07 Å². The minimum absolute atomic E-state index is 0.318. The normalized spacial score (nSPS) is 19.6. The highest BCUT2D eigenvalue weighted by molar-refractivity contribution is 5.55. The SMILES string of the molecule is CCCNCC1CCN(c2ccccc2C(F)(F)F)C1. The number of halogens is 3. The molecule has 0 aromatic heterocycles. The molecule has 1 aliphatic heterocycles. The number of hydrogen-bond donors (Lipinski definition) is 1. The van der Waals surface area contributed by atoms with E-state index < -0.39 is 11.7 Å². The van der Waals surface area contributed by atoms with E-state index in [4.69, 9.17) is 0 Å². The molecule has 1 aromatic rings. The Bertz CT molecular complexity index is 431. The van der Waals surface area contributed by atoms with Gasteiger partial charge in [-0.15, -0.1) is 0 Å². The van der Waals surface area contributed by atoms with E-state index >= 15 is 0 Å². The molecule has 2 rings (SSSR count). The summed E-state index contributed by atoms with van der Waals surface area (Å²) < 4.78 is 39.0. The zero-order valence-electron chi connectivity index (χ0n) is 11.7. The van der Waals surface area contributed by atoms with E-state index in [2.05, 4.69) is 12.2 Å². The van der Waals surface area contributed by atoms with Crippen molar-refractivity contribution in [3.05, 3.63) is 29.8 Å². The lowest BCUT2D eigenvalue weighted by Crippen LogP contribution is -2.27. The summed E-state index contributed by atoms with van der Waals surface area (Å²) in [6.07, 6.45) is -2.26. The van der Waals surface area contributed by atoms with Crippen molar-refractivity contribution >= 4 is 5.69 Å². The summed E-state index contributed by atoms with van der Waals surface area (Å²) >= 11 is 0. The second-order valence-corrected chi connectivity index (χ2v) is 5.32. The Balaban J connectivity index is 2.03. The van der Waals surface area contributed by atoms with Crippen molar-refractivity contribution in [2.75, 3.05) is 31.1 Å². The molecule has 0 bridgehead atoms. The topological polar surface area (TPSA) is 15.3 Å². The van der Waals surface area contributed by atoms with Crippen molar-refractivity contribution in [1.82, 2.24) is 5.32 Å². The maximum atomic E-state index is 13.0. The molecule has 112 valence electrons. The first-order valence-electron chi connectivity index (χ1n) is 7.14. The van der Waals surface area contributed by atoms with Crippen molar-refractivity contribution in [3.63, 3.8) is 0 Å². The Labute approximate surface area is 118 Å². The van der Waals surface area contributed by atoms with Gasteiger partial charge in [-0.1, -0.05) is 19.1 Å². The summed E-state index contributed by atoms with van der Waals surface area (Å²) in [4.78, 5) is 1.86. The number of nitrogens with one attached hydrogen (secondary N) is 1. The van der Waals surface area contributed by atoms with Crippen LogP contribution in [0.3, 0.4) is 0 Å². The number of para-hydroxylation sites is 1. The largest absolute Gasteiger partial charge is 0.418 e. The van der Waals surface area contributed by atoms with Gasteiger partial charge in [-0.2, -0.15) is 13.2 Å². The van der Waals surface area contributed by atoms with Crippen LogP contribution in [0.4, 0.5) is 18.9 Å². The Morgan fingerprint density at radius 2 is 2.05 bits per heavy atom. The number of alkyl halides is 3. The van der Waals surface area contributed by atoms with Crippen molar-refractivity contribution in [3.8, 4) is 0 Å². The van der Waals surface area contributed by atoms with Crippen molar-refractivity contribution in [2.24, 2.45) is 5.92 Å². The molecule has 1 atom stereocenters. The molecule has 1 aromatic carbocycles. The molecular weight excluding hydrogens is 265 g/mol. The van der Waals surface area contributed by atoms with Crippen LogP contribution in [0.1, 0.15) is 25.3 Å². The van der Waals surface area contributed by atoms with E-state index in [0.717, 1.165) is 32.0 Å². The molecule has 1 saturated heterocycles. The average molecular weight is 286 g/mol. The van der Waals surface area contributed by atoms with E-state index in [1.807, 2.05) is 4.90 Å². The second-order valence-electron chi connectivity index (χ2n) is 5.32.